The first-order chi connectivity index (χ1) is 10.5. The molecule has 1 saturated heterocycles. The first kappa shape index (κ1) is 14.8. The molecule has 1 aliphatic rings. The quantitative estimate of drug-likeness (QED) is 0.927. The van der Waals surface area contributed by atoms with Crippen molar-refractivity contribution in [2.45, 2.75) is 32.2 Å². The van der Waals surface area contributed by atoms with Crippen molar-refractivity contribution in [2.75, 3.05) is 11.4 Å². The Kier molecular flexibility index (Phi) is 4.02. The number of hydrogen-bond acceptors (Lipinski definition) is 6. The van der Waals surface area contributed by atoms with Gasteiger partial charge in [0.1, 0.15) is 10.7 Å². The van der Waals surface area contributed by atoms with Crippen molar-refractivity contribution in [1.82, 2.24) is 15.0 Å². The average Bonchev–Trinajstić information content (AvgIpc) is 3.04. The summed E-state index contributed by atoms with van der Waals surface area (Å²) in [6.45, 7) is 3.08. The molecule has 2 aromatic heterocycles. The molecule has 22 heavy (non-hydrogen) atoms. The van der Waals surface area contributed by atoms with E-state index in [0.717, 1.165) is 30.7 Å². The summed E-state index contributed by atoms with van der Waals surface area (Å²) in [5.41, 5.74) is 5.77. The van der Waals surface area contributed by atoms with Crippen LogP contribution in [0, 0.1) is 5.13 Å². The number of halogens is 1. The van der Waals surface area contributed by atoms with E-state index in [1.165, 1.54) is 0 Å². The van der Waals surface area contributed by atoms with E-state index in [2.05, 4.69) is 26.8 Å². The van der Waals surface area contributed by atoms with Gasteiger partial charge in [-0.1, -0.05) is 11.3 Å². The molecule has 0 radical (unpaired) electrons. The summed E-state index contributed by atoms with van der Waals surface area (Å²) in [7, 11) is 0. The van der Waals surface area contributed by atoms with E-state index in [9.17, 15) is 9.18 Å². The predicted octanol–water partition coefficient (Wildman–Crippen LogP) is 1.76. The molecule has 0 bridgehead atoms. The van der Waals surface area contributed by atoms with E-state index in [1.807, 2.05) is 0 Å². The molecule has 3 rings (SSSR count). The summed E-state index contributed by atoms with van der Waals surface area (Å²) in [6, 6.07) is 0.420. The Bertz CT molecular complexity index is 687. The van der Waals surface area contributed by atoms with Crippen molar-refractivity contribution in [2.24, 2.45) is 5.73 Å². The molecule has 0 spiro atoms. The van der Waals surface area contributed by atoms with Crippen molar-refractivity contribution in [1.29, 1.82) is 0 Å². The van der Waals surface area contributed by atoms with Crippen LogP contribution in [-0.4, -0.2) is 33.4 Å². The van der Waals surface area contributed by atoms with E-state index in [1.54, 1.807) is 12.4 Å². The van der Waals surface area contributed by atoms with Gasteiger partial charge in [-0.2, -0.15) is 4.39 Å². The van der Waals surface area contributed by atoms with Crippen LogP contribution >= 0.6 is 11.3 Å². The summed E-state index contributed by atoms with van der Waals surface area (Å²) in [5.74, 6) is 0.122. The van der Waals surface area contributed by atoms with Crippen LogP contribution < -0.4 is 10.6 Å². The molecule has 1 amide bonds. The summed E-state index contributed by atoms with van der Waals surface area (Å²) >= 11 is 0.823. The molecule has 1 fully saturated rings. The SMILES string of the molecule is CC1CCCN1c1ncc(-c2nc(CC(N)=O)sc2F)cn1. The lowest BCUT2D eigenvalue weighted by molar-refractivity contribution is -0.117. The maximum absolute atomic E-state index is 13.9. The number of primary amides is 1. The lowest BCUT2D eigenvalue weighted by atomic mass is 10.2. The number of carbonyl (C=O) groups excluding carboxylic acids is 1. The molecule has 3 heterocycles. The number of hydrogen-bond donors (Lipinski definition) is 1. The fraction of sp³-hybridized carbons (Fsp3) is 0.429. The van der Waals surface area contributed by atoms with Crippen LogP contribution in [0.2, 0.25) is 0 Å². The van der Waals surface area contributed by atoms with E-state index in [-0.39, 0.29) is 12.1 Å². The highest BCUT2D eigenvalue weighted by Crippen LogP contribution is 2.28. The third-order valence-corrected chi connectivity index (χ3v) is 4.52. The van der Waals surface area contributed by atoms with Gasteiger partial charge >= 0.3 is 0 Å². The van der Waals surface area contributed by atoms with E-state index in [4.69, 9.17) is 5.73 Å². The van der Waals surface area contributed by atoms with Gasteiger partial charge in [-0.25, -0.2) is 15.0 Å². The molecule has 6 nitrogen and oxygen atoms in total. The van der Waals surface area contributed by atoms with Crippen LogP contribution in [-0.2, 0) is 11.2 Å². The van der Waals surface area contributed by atoms with Crippen molar-refractivity contribution in [3.8, 4) is 11.3 Å². The summed E-state index contributed by atoms with van der Waals surface area (Å²) < 4.78 is 13.9. The zero-order valence-corrected chi connectivity index (χ0v) is 12.9. The Morgan fingerprint density at radius 2 is 2.23 bits per heavy atom. The highest BCUT2D eigenvalue weighted by molar-refractivity contribution is 7.10. The van der Waals surface area contributed by atoms with Crippen molar-refractivity contribution >= 4 is 23.2 Å². The zero-order valence-electron chi connectivity index (χ0n) is 12.1. The van der Waals surface area contributed by atoms with Crippen LogP contribution in [0.25, 0.3) is 11.3 Å². The molecule has 1 atom stereocenters. The third kappa shape index (κ3) is 2.92. The molecule has 0 aromatic carbocycles. The summed E-state index contributed by atoms with van der Waals surface area (Å²) in [5, 5.41) is -0.0978. The minimum Gasteiger partial charge on any atom is -0.369 e. The maximum Gasteiger partial charge on any atom is 0.225 e. The van der Waals surface area contributed by atoms with Gasteiger partial charge in [0.15, 0.2) is 0 Å². The van der Waals surface area contributed by atoms with Crippen molar-refractivity contribution in [3.05, 3.63) is 22.5 Å². The number of carbonyl (C=O) groups is 1. The normalized spacial score (nSPS) is 17.9. The second kappa shape index (κ2) is 5.96. The Morgan fingerprint density at radius 1 is 1.50 bits per heavy atom. The lowest BCUT2D eigenvalue weighted by Gasteiger charge is -2.20. The number of amides is 1. The fourth-order valence-electron chi connectivity index (χ4n) is 2.57. The van der Waals surface area contributed by atoms with Crippen LogP contribution in [0.3, 0.4) is 0 Å². The predicted molar refractivity (Wildman–Crippen MR) is 82.0 cm³/mol. The zero-order chi connectivity index (χ0) is 15.7. The number of thiazole rings is 1. The second-order valence-corrected chi connectivity index (χ2v) is 6.36. The monoisotopic (exact) mass is 321 g/mol. The number of anilines is 1. The molecule has 0 saturated carbocycles. The minimum absolute atomic E-state index is 0.0637. The van der Waals surface area contributed by atoms with Crippen LogP contribution in [0.5, 0.6) is 0 Å². The lowest BCUT2D eigenvalue weighted by Crippen LogP contribution is -2.28. The van der Waals surface area contributed by atoms with Gasteiger partial charge in [-0.15, -0.1) is 0 Å². The van der Waals surface area contributed by atoms with Gasteiger partial charge in [0.2, 0.25) is 17.0 Å². The van der Waals surface area contributed by atoms with Crippen molar-refractivity contribution in [3.63, 3.8) is 0 Å². The maximum atomic E-state index is 13.9. The molecule has 2 aromatic rings. The van der Waals surface area contributed by atoms with E-state index in [0.29, 0.717) is 22.6 Å². The first-order valence-electron chi connectivity index (χ1n) is 7.07. The highest BCUT2D eigenvalue weighted by Gasteiger charge is 2.23. The third-order valence-electron chi connectivity index (χ3n) is 3.68. The Balaban J connectivity index is 1.83. The molecule has 0 aliphatic carbocycles. The highest BCUT2D eigenvalue weighted by atomic mass is 32.1. The van der Waals surface area contributed by atoms with Gasteiger partial charge in [-0.3, -0.25) is 4.79 Å². The molecule has 8 heteroatoms. The number of aromatic nitrogens is 3. The minimum atomic E-state index is -0.532. The van der Waals surface area contributed by atoms with E-state index < -0.39 is 11.0 Å². The van der Waals surface area contributed by atoms with Gasteiger partial charge in [-0.05, 0) is 19.8 Å². The average molecular weight is 321 g/mol. The molecule has 1 unspecified atom stereocenters. The van der Waals surface area contributed by atoms with E-state index >= 15 is 0 Å². The topological polar surface area (TPSA) is 85.0 Å². The standard InChI is InChI=1S/C14H16FN5OS/c1-8-3-2-4-20(8)14-17-6-9(7-18-14)12-13(15)22-11(19-12)5-10(16)21/h6-8H,2-5H2,1H3,(H2,16,21). The number of nitrogens with zero attached hydrogens (tertiary/aromatic N) is 4. The molecule has 2 N–H and O–H groups in total. The number of rotatable bonds is 4. The van der Waals surface area contributed by atoms with Gasteiger partial charge < -0.3 is 10.6 Å². The molecule has 1 aliphatic heterocycles. The summed E-state index contributed by atoms with van der Waals surface area (Å²) in [4.78, 5) is 25.8. The Labute approximate surface area is 131 Å². The first-order valence-corrected chi connectivity index (χ1v) is 7.89. The summed E-state index contributed by atoms with van der Waals surface area (Å²) in [6.07, 6.45) is 5.33. The smallest absolute Gasteiger partial charge is 0.225 e. The van der Waals surface area contributed by atoms with Crippen molar-refractivity contribution < 1.29 is 9.18 Å². The second-order valence-electron chi connectivity index (χ2n) is 5.33. The Morgan fingerprint density at radius 3 is 2.82 bits per heavy atom. The van der Waals surface area contributed by atoms with Crippen LogP contribution in [0.4, 0.5) is 10.3 Å². The van der Waals surface area contributed by atoms with Crippen LogP contribution in [0.1, 0.15) is 24.8 Å². The molecular weight excluding hydrogens is 305 g/mol. The van der Waals surface area contributed by atoms with Crippen LogP contribution in [0.15, 0.2) is 12.4 Å². The fourth-order valence-corrected chi connectivity index (χ4v) is 3.39. The van der Waals surface area contributed by atoms with Gasteiger partial charge in [0.05, 0.1) is 6.42 Å². The molecule has 116 valence electrons. The largest absolute Gasteiger partial charge is 0.369 e. The van der Waals surface area contributed by atoms with Gasteiger partial charge in [0, 0.05) is 30.5 Å². The Hall–Kier alpha value is -2.09. The number of nitrogens with two attached hydrogens (primary N) is 1. The molecular formula is C14H16FN5OS. The van der Waals surface area contributed by atoms with Gasteiger partial charge in [0.25, 0.3) is 0 Å².